The molecule has 1 aromatic carbocycles. The predicted octanol–water partition coefficient (Wildman–Crippen LogP) is 1.89. The maximum Gasteiger partial charge on any atom is 0.471 e. The quantitative estimate of drug-likeness (QED) is 0.821. The number of carbonyl (C=O) groups is 1. The minimum atomic E-state index is -4.76. The molecular weight excluding hydrogens is 257 g/mol. The highest BCUT2D eigenvalue weighted by Crippen LogP contribution is 2.19. The monoisotopic (exact) mass is 272 g/mol. The fourth-order valence-electron chi connectivity index (χ4n) is 2.13. The normalized spacial score (nSPS) is 17.5. The Balaban J connectivity index is 1.85. The van der Waals surface area contributed by atoms with Gasteiger partial charge in [-0.15, -0.1) is 0 Å². The van der Waals surface area contributed by atoms with Crippen LogP contribution < -0.4 is 0 Å². The molecule has 0 saturated carbocycles. The van der Waals surface area contributed by atoms with E-state index >= 15 is 0 Å². The van der Waals surface area contributed by atoms with Crippen LogP contribution in [0, 0.1) is 0 Å². The van der Waals surface area contributed by atoms with Crippen LogP contribution in [-0.4, -0.2) is 48.1 Å². The Hall–Kier alpha value is -1.56. The zero-order valence-corrected chi connectivity index (χ0v) is 10.4. The number of nitrogens with zero attached hydrogens (tertiary/aromatic N) is 2. The largest absolute Gasteiger partial charge is 0.471 e. The van der Waals surface area contributed by atoms with Gasteiger partial charge < -0.3 is 4.90 Å². The van der Waals surface area contributed by atoms with E-state index in [1.165, 1.54) is 0 Å². The molecule has 0 bridgehead atoms. The van der Waals surface area contributed by atoms with Crippen molar-refractivity contribution in [2.75, 3.05) is 26.2 Å². The molecule has 104 valence electrons. The molecule has 1 aliphatic rings. The molecular formula is C13H15F3N2O. The zero-order valence-electron chi connectivity index (χ0n) is 10.4. The van der Waals surface area contributed by atoms with Gasteiger partial charge >= 0.3 is 12.1 Å². The highest BCUT2D eigenvalue weighted by molar-refractivity contribution is 5.81. The summed E-state index contributed by atoms with van der Waals surface area (Å²) in [6.07, 6.45) is -4.76. The Labute approximate surface area is 109 Å². The van der Waals surface area contributed by atoms with Crippen molar-refractivity contribution in [2.45, 2.75) is 12.7 Å². The lowest BCUT2D eigenvalue weighted by molar-refractivity contribution is -0.187. The molecule has 1 fully saturated rings. The molecule has 0 N–H and O–H groups in total. The molecule has 1 aliphatic heterocycles. The number of rotatable bonds is 2. The highest BCUT2D eigenvalue weighted by Gasteiger charge is 2.43. The van der Waals surface area contributed by atoms with Crippen LogP contribution in [0.2, 0.25) is 0 Å². The average molecular weight is 272 g/mol. The Morgan fingerprint density at radius 3 is 2.16 bits per heavy atom. The Kier molecular flexibility index (Phi) is 4.09. The standard InChI is InChI=1S/C13H15F3N2O/c14-13(15,16)12(19)18-8-6-17(7-9-18)10-11-4-2-1-3-5-11/h1-5H,6-10H2. The summed E-state index contributed by atoms with van der Waals surface area (Å²) in [6, 6.07) is 9.74. The number of alkyl halides is 3. The van der Waals surface area contributed by atoms with Crippen LogP contribution in [0.15, 0.2) is 30.3 Å². The maximum absolute atomic E-state index is 12.3. The number of benzene rings is 1. The second kappa shape index (κ2) is 5.61. The SMILES string of the molecule is O=C(N1CCN(Cc2ccccc2)CC1)C(F)(F)F. The van der Waals surface area contributed by atoms with Crippen LogP contribution in [0.5, 0.6) is 0 Å². The highest BCUT2D eigenvalue weighted by atomic mass is 19.4. The second-order valence-corrected chi connectivity index (χ2v) is 4.55. The third-order valence-electron chi connectivity index (χ3n) is 3.15. The molecule has 0 spiro atoms. The smallest absolute Gasteiger partial charge is 0.332 e. The van der Waals surface area contributed by atoms with E-state index in [1.807, 2.05) is 30.3 Å². The summed E-state index contributed by atoms with van der Waals surface area (Å²) in [5.74, 6) is -1.73. The van der Waals surface area contributed by atoms with Crippen LogP contribution in [0.4, 0.5) is 13.2 Å². The van der Waals surface area contributed by atoms with Crippen LogP contribution in [0.1, 0.15) is 5.56 Å². The summed E-state index contributed by atoms with van der Waals surface area (Å²) >= 11 is 0. The van der Waals surface area contributed by atoms with Crippen molar-refractivity contribution in [1.29, 1.82) is 0 Å². The number of amides is 1. The second-order valence-electron chi connectivity index (χ2n) is 4.55. The minimum Gasteiger partial charge on any atom is -0.332 e. The first-order chi connectivity index (χ1) is 8.97. The van der Waals surface area contributed by atoms with Crippen molar-refractivity contribution in [3.8, 4) is 0 Å². The van der Waals surface area contributed by atoms with E-state index < -0.39 is 12.1 Å². The summed E-state index contributed by atoms with van der Waals surface area (Å²) in [5.41, 5.74) is 1.12. The number of hydrogen-bond donors (Lipinski definition) is 0. The number of halogens is 3. The van der Waals surface area contributed by atoms with Gasteiger partial charge in [-0.3, -0.25) is 9.69 Å². The molecule has 6 heteroatoms. The lowest BCUT2D eigenvalue weighted by Crippen LogP contribution is -2.52. The number of carbonyl (C=O) groups excluding carboxylic acids is 1. The molecule has 1 aromatic rings. The molecule has 19 heavy (non-hydrogen) atoms. The van der Waals surface area contributed by atoms with Gasteiger partial charge in [0.2, 0.25) is 0 Å². The number of piperazine rings is 1. The van der Waals surface area contributed by atoms with E-state index in [0.717, 1.165) is 10.5 Å². The Morgan fingerprint density at radius 2 is 1.63 bits per heavy atom. The maximum atomic E-state index is 12.3. The van der Waals surface area contributed by atoms with Gasteiger partial charge in [-0.2, -0.15) is 13.2 Å². The van der Waals surface area contributed by atoms with Gasteiger partial charge in [0, 0.05) is 32.7 Å². The molecule has 1 amide bonds. The number of hydrogen-bond acceptors (Lipinski definition) is 2. The van der Waals surface area contributed by atoms with Crippen molar-refractivity contribution in [3.05, 3.63) is 35.9 Å². The molecule has 2 rings (SSSR count). The van der Waals surface area contributed by atoms with Crippen LogP contribution in [0.25, 0.3) is 0 Å². The van der Waals surface area contributed by atoms with Gasteiger partial charge in [-0.25, -0.2) is 0 Å². The first kappa shape index (κ1) is 13.9. The van der Waals surface area contributed by atoms with Crippen LogP contribution in [-0.2, 0) is 11.3 Å². The van der Waals surface area contributed by atoms with Gasteiger partial charge in [0.25, 0.3) is 0 Å². The molecule has 0 aliphatic carbocycles. The average Bonchev–Trinajstić information content (AvgIpc) is 2.39. The molecule has 3 nitrogen and oxygen atoms in total. The third-order valence-corrected chi connectivity index (χ3v) is 3.15. The van der Waals surface area contributed by atoms with Crippen molar-refractivity contribution in [1.82, 2.24) is 9.80 Å². The zero-order chi connectivity index (χ0) is 13.9. The van der Waals surface area contributed by atoms with E-state index in [-0.39, 0.29) is 13.1 Å². The fourth-order valence-corrected chi connectivity index (χ4v) is 2.13. The summed E-state index contributed by atoms with van der Waals surface area (Å²) in [7, 11) is 0. The molecule has 0 aromatic heterocycles. The predicted molar refractivity (Wildman–Crippen MR) is 64.4 cm³/mol. The van der Waals surface area contributed by atoms with Crippen molar-refractivity contribution < 1.29 is 18.0 Å². The molecule has 0 atom stereocenters. The van der Waals surface area contributed by atoms with Crippen LogP contribution in [0.3, 0.4) is 0 Å². The van der Waals surface area contributed by atoms with E-state index in [9.17, 15) is 18.0 Å². The van der Waals surface area contributed by atoms with Crippen molar-refractivity contribution in [3.63, 3.8) is 0 Å². The van der Waals surface area contributed by atoms with Crippen LogP contribution >= 0.6 is 0 Å². The minimum absolute atomic E-state index is 0.130. The van der Waals surface area contributed by atoms with Crippen molar-refractivity contribution >= 4 is 5.91 Å². The first-order valence-corrected chi connectivity index (χ1v) is 6.09. The van der Waals surface area contributed by atoms with Crippen molar-refractivity contribution in [2.24, 2.45) is 0 Å². The van der Waals surface area contributed by atoms with E-state index in [1.54, 1.807) is 0 Å². The fraction of sp³-hybridized carbons (Fsp3) is 0.462. The molecule has 0 unspecified atom stereocenters. The van der Waals surface area contributed by atoms with Gasteiger partial charge in [-0.05, 0) is 5.56 Å². The van der Waals surface area contributed by atoms with E-state index in [0.29, 0.717) is 19.6 Å². The summed E-state index contributed by atoms with van der Waals surface area (Å²) in [6.45, 7) is 1.90. The van der Waals surface area contributed by atoms with Gasteiger partial charge in [0.1, 0.15) is 0 Å². The van der Waals surface area contributed by atoms with E-state index in [4.69, 9.17) is 0 Å². The summed E-state index contributed by atoms with van der Waals surface area (Å²) in [4.78, 5) is 14.0. The lowest BCUT2D eigenvalue weighted by atomic mass is 10.2. The lowest BCUT2D eigenvalue weighted by Gasteiger charge is -2.34. The van der Waals surface area contributed by atoms with E-state index in [2.05, 4.69) is 4.90 Å². The van der Waals surface area contributed by atoms with Gasteiger partial charge in [0.15, 0.2) is 0 Å². The topological polar surface area (TPSA) is 23.6 Å². The Morgan fingerprint density at radius 1 is 1.05 bits per heavy atom. The molecule has 1 heterocycles. The Bertz CT molecular complexity index is 425. The third kappa shape index (κ3) is 3.70. The summed E-state index contributed by atoms with van der Waals surface area (Å²) in [5, 5.41) is 0. The molecule has 1 saturated heterocycles. The van der Waals surface area contributed by atoms with Gasteiger partial charge in [-0.1, -0.05) is 30.3 Å². The first-order valence-electron chi connectivity index (χ1n) is 6.09. The molecule has 0 radical (unpaired) electrons. The van der Waals surface area contributed by atoms with Gasteiger partial charge in [0.05, 0.1) is 0 Å². The summed E-state index contributed by atoms with van der Waals surface area (Å²) < 4.78 is 36.8.